The van der Waals surface area contributed by atoms with Gasteiger partial charge in [-0.15, -0.1) is 0 Å². The van der Waals surface area contributed by atoms with Crippen molar-refractivity contribution in [3.05, 3.63) is 40.6 Å². The van der Waals surface area contributed by atoms with Crippen LogP contribution in [0.15, 0.2) is 29.2 Å². The number of rotatable bonds is 5. The third kappa shape index (κ3) is 2.71. The first-order valence-electron chi connectivity index (χ1n) is 5.49. The fourth-order valence-corrected chi connectivity index (χ4v) is 2.46. The monoisotopic (exact) mass is 235 g/mol. The third-order valence-electron chi connectivity index (χ3n) is 2.69. The molecular formula is C12H17N3S. The molecule has 0 fully saturated rings. The van der Waals surface area contributed by atoms with Crippen LogP contribution in [0.1, 0.15) is 24.4 Å². The van der Waals surface area contributed by atoms with Gasteiger partial charge in [-0.05, 0) is 42.3 Å². The van der Waals surface area contributed by atoms with Gasteiger partial charge in [0.25, 0.3) is 0 Å². The van der Waals surface area contributed by atoms with E-state index in [1.54, 1.807) is 11.3 Å². The highest BCUT2D eigenvalue weighted by Crippen LogP contribution is 2.09. The zero-order valence-corrected chi connectivity index (χ0v) is 10.5. The van der Waals surface area contributed by atoms with Crippen molar-refractivity contribution in [1.82, 2.24) is 14.9 Å². The average Bonchev–Trinajstić information content (AvgIpc) is 2.88. The van der Waals surface area contributed by atoms with E-state index < -0.39 is 0 Å². The molecule has 0 radical (unpaired) electrons. The van der Waals surface area contributed by atoms with Crippen LogP contribution in [0.4, 0.5) is 0 Å². The van der Waals surface area contributed by atoms with E-state index in [9.17, 15) is 0 Å². The van der Waals surface area contributed by atoms with Crippen LogP contribution in [0.25, 0.3) is 0 Å². The second kappa shape index (κ2) is 5.27. The predicted molar refractivity (Wildman–Crippen MR) is 67.6 cm³/mol. The number of aryl methyl sites for hydroxylation is 1. The summed E-state index contributed by atoms with van der Waals surface area (Å²) in [6, 6.07) is 2.48. The van der Waals surface area contributed by atoms with E-state index in [1.165, 1.54) is 5.56 Å². The van der Waals surface area contributed by atoms with Gasteiger partial charge in [-0.2, -0.15) is 11.3 Å². The van der Waals surface area contributed by atoms with Gasteiger partial charge in [0.15, 0.2) is 0 Å². The molecule has 2 aromatic rings. The number of thiophene rings is 1. The number of nitrogens with one attached hydrogen (secondary N) is 1. The molecule has 1 atom stereocenters. The molecule has 0 saturated carbocycles. The maximum Gasteiger partial charge on any atom is 0.125 e. The van der Waals surface area contributed by atoms with Gasteiger partial charge in [-0.3, -0.25) is 0 Å². The largest absolute Gasteiger partial charge is 0.337 e. The summed E-state index contributed by atoms with van der Waals surface area (Å²) in [5.41, 5.74) is 1.41. The van der Waals surface area contributed by atoms with Gasteiger partial charge in [0, 0.05) is 19.4 Å². The van der Waals surface area contributed by atoms with Crippen molar-refractivity contribution in [3.63, 3.8) is 0 Å². The maximum atomic E-state index is 4.33. The number of aromatic nitrogens is 2. The maximum absolute atomic E-state index is 4.33. The Hall–Kier alpha value is -1.13. The zero-order valence-electron chi connectivity index (χ0n) is 9.68. The molecule has 2 aromatic heterocycles. The summed E-state index contributed by atoms with van der Waals surface area (Å²) >= 11 is 1.75. The van der Waals surface area contributed by atoms with Crippen molar-refractivity contribution in [2.75, 3.05) is 6.54 Å². The Balaban J connectivity index is 1.80. The molecule has 2 heterocycles. The molecule has 0 saturated heterocycles. The van der Waals surface area contributed by atoms with Crippen LogP contribution in [-0.2, 0) is 13.5 Å². The molecule has 0 aliphatic carbocycles. The lowest BCUT2D eigenvalue weighted by molar-refractivity contribution is 0.533. The lowest BCUT2D eigenvalue weighted by Gasteiger charge is -2.13. The molecule has 0 bridgehead atoms. The van der Waals surface area contributed by atoms with Crippen molar-refractivity contribution < 1.29 is 0 Å². The molecule has 0 amide bonds. The number of imidazole rings is 1. The first-order valence-corrected chi connectivity index (χ1v) is 6.43. The average molecular weight is 235 g/mol. The van der Waals surface area contributed by atoms with Crippen LogP contribution in [0, 0.1) is 0 Å². The minimum absolute atomic E-state index is 0.304. The Kier molecular flexibility index (Phi) is 3.74. The SMILES string of the molecule is CC(NCCc1ccsc1)c1nccn1C. The Morgan fingerprint density at radius 2 is 2.44 bits per heavy atom. The molecule has 0 spiro atoms. The van der Waals surface area contributed by atoms with Crippen LogP contribution in [0.2, 0.25) is 0 Å². The molecule has 2 rings (SSSR count). The summed E-state index contributed by atoms with van der Waals surface area (Å²) in [5.74, 6) is 1.09. The molecule has 1 unspecified atom stereocenters. The van der Waals surface area contributed by atoms with E-state index >= 15 is 0 Å². The summed E-state index contributed by atoms with van der Waals surface area (Å²) in [5, 5.41) is 7.81. The molecule has 0 aliphatic heterocycles. The van der Waals surface area contributed by atoms with Crippen molar-refractivity contribution in [2.24, 2.45) is 7.05 Å². The van der Waals surface area contributed by atoms with Gasteiger partial charge >= 0.3 is 0 Å². The fourth-order valence-electron chi connectivity index (χ4n) is 1.75. The van der Waals surface area contributed by atoms with Crippen LogP contribution >= 0.6 is 11.3 Å². The molecule has 1 N–H and O–H groups in total. The topological polar surface area (TPSA) is 29.9 Å². The minimum atomic E-state index is 0.304. The van der Waals surface area contributed by atoms with E-state index in [4.69, 9.17) is 0 Å². The van der Waals surface area contributed by atoms with Gasteiger partial charge in [-0.1, -0.05) is 0 Å². The second-order valence-corrected chi connectivity index (χ2v) is 4.73. The fraction of sp³-hybridized carbons (Fsp3) is 0.417. The van der Waals surface area contributed by atoms with Gasteiger partial charge in [-0.25, -0.2) is 4.98 Å². The number of nitrogens with zero attached hydrogens (tertiary/aromatic N) is 2. The smallest absolute Gasteiger partial charge is 0.125 e. The standard InChI is InChI=1S/C12H17N3S/c1-10(12-14-6-7-15(12)2)13-5-3-11-4-8-16-9-11/h4,6-10,13H,3,5H2,1-2H3. The van der Waals surface area contributed by atoms with E-state index in [-0.39, 0.29) is 0 Å². The first-order chi connectivity index (χ1) is 7.77. The highest BCUT2D eigenvalue weighted by Gasteiger charge is 2.08. The summed E-state index contributed by atoms with van der Waals surface area (Å²) in [6.45, 7) is 3.14. The molecule has 3 nitrogen and oxygen atoms in total. The second-order valence-electron chi connectivity index (χ2n) is 3.95. The van der Waals surface area contributed by atoms with Crippen molar-refractivity contribution >= 4 is 11.3 Å². The summed E-state index contributed by atoms with van der Waals surface area (Å²) < 4.78 is 2.06. The van der Waals surface area contributed by atoms with E-state index in [2.05, 4.69) is 38.6 Å². The minimum Gasteiger partial charge on any atom is -0.337 e. The highest BCUT2D eigenvalue weighted by molar-refractivity contribution is 7.07. The Labute approximate surface area is 100 Å². The Morgan fingerprint density at radius 1 is 1.56 bits per heavy atom. The summed E-state index contributed by atoms with van der Waals surface area (Å²) in [6.07, 6.45) is 4.90. The Morgan fingerprint density at radius 3 is 3.06 bits per heavy atom. The molecule has 16 heavy (non-hydrogen) atoms. The van der Waals surface area contributed by atoms with Crippen LogP contribution in [-0.4, -0.2) is 16.1 Å². The predicted octanol–water partition coefficient (Wildman–Crippen LogP) is 2.37. The van der Waals surface area contributed by atoms with Crippen LogP contribution < -0.4 is 5.32 Å². The van der Waals surface area contributed by atoms with Crippen molar-refractivity contribution in [1.29, 1.82) is 0 Å². The third-order valence-corrected chi connectivity index (χ3v) is 3.42. The van der Waals surface area contributed by atoms with Gasteiger partial charge in [0.05, 0.1) is 6.04 Å². The lowest BCUT2D eigenvalue weighted by atomic mass is 10.2. The number of hydrogen-bond donors (Lipinski definition) is 1. The van der Waals surface area contributed by atoms with E-state index in [0.717, 1.165) is 18.8 Å². The number of hydrogen-bond acceptors (Lipinski definition) is 3. The molecule has 86 valence electrons. The molecular weight excluding hydrogens is 218 g/mol. The lowest BCUT2D eigenvalue weighted by Crippen LogP contribution is -2.23. The quantitative estimate of drug-likeness (QED) is 0.862. The molecule has 0 aliphatic rings. The van der Waals surface area contributed by atoms with Crippen molar-refractivity contribution in [2.45, 2.75) is 19.4 Å². The van der Waals surface area contributed by atoms with Crippen molar-refractivity contribution in [3.8, 4) is 0 Å². The van der Waals surface area contributed by atoms with Crippen LogP contribution in [0.3, 0.4) is 0 Å². The van der Waals surface area contributed by atoms with Gasteiger partial charge in [0.1, 0.15) is 5.82 Å². The van der Waals surface area contributed by atoms with E-state index in [0.29, 0.717) is 6.04 Å². The van der Waals surface area contributed by atoms with Gasteiger partial charge in [0.2, 0.25) is 0 Å². The van der Waals surface area contributed by atoms with E-state index in [1.807, 2.05) is 19.4 Å². The summed E-state index contributed by atoms with van der Waals surface area (Å²) in [7, 11) is 2.03. The molecule has 0 aromatic carbocycles. The zero-order chi connectivity index (χ0) is 11.4. The highest BCUT2D eigenvalue weighted by atomic mass is 32.1. The first kappa shape index (κ1) is 11.4. The van der Waals surface area contributed by atoms with Crippen LogP contribution in [0.5, 0.6) is 0 Å². The summed E-state index contributed by atoms with van der Waals surface area (Å²) in [4.78, 5) is 4.33. The molecule has 4 heteroatoms. The Bertz CT molecular complexity index is 419. The van der Waals surface area contributed by atoms with Gasteiger partial charge < -0.3 is 9.88 Å². The normalized spacial score (nSPS) is 12.9.